The lowest BCUT2D eigenvalue weighted by Crippen LogP contribution is -2.55. The van der Waals surface area contributed by atoms with Crippen molar-refractivity contribution in [2.24, 2.45) is 5.92 Å². The molecule has 1 fully saturated rings. The summed E-state index contributed by atoms with van der Waals surface area (Å²) in [5.41, 5.74) is 7.19. The summed E-state index contributed by atoms with van der Waals surface area (Å²) < 4.78 is 0. The van der Waals surface area contributed by atoms with E-state index >= 15 is 0 Å². The SMILES string of the molecule is CNC(c1cc(Cl)cnc1N)C1(N(C)C)CCCC(C)C1. The number of nitrogen functional groups attached to an aromatic ring is 1. The fourth-order valence-corrected chi connectivity index (χ4v) is 4.07. The van der Waals surface area contributed by atoms with E-state index in [0.717, 1.165) is 18.4 Å². The van der Waals surface area contributed by atoms with E-state index in [1.54, 1.807) is 6.20 Å². The smallest absolute Gasteiger partial charge is 0.128 e. The van der Waals surface area contributed by atoms with Crippen LogP contribution in [0.1, 0.15) is 44.2 Å². The van der Waals surface area contributed by atoms with Crippen LogP contribution in [-0.4, -0.2) is 36.6 Å². The van der Waals surface area contributed by atoms with Crippen LogP contribution in [0.25, 0.3) is 0 Å². The molecule has 0 amide bonds. The third kappa shape index (κ3) is 3.17. The molecule has 0 saturated heterocycles. The number of halogens is 1. The second-order valence-electron chi connectivity index (χ2n) is 6.55. The maximum atomic E-state index is 6.15. The molecule has 118 valence electrons. The lowest BCUT2D eigenvalue weighted by Gasteiger charge is -2.50. The van der Waals surface area contributed by atoms with Crippen molar-refractivity contribution in [2.75, 3.05) is 26.9 Å². The van der Waals surface area contributed by atoms with Gasteiger partial charge in [0.1, 0.15) is 5.82 Å². The van der Waals surface area contributed by atoms with E-state index in [9.17, 15) is 0 Å². The van der Waals surface area contributed by atoms with Crippen molar-refractivity contribution in [2.45, 2.75) is 44.2 Å². The molecule has 2 rings (SSSR count). The Morgan fingerprint density at radius 2 is 2.24 bits per heavy atom. The Labute approximate surface area is 133 Å². The van der Waals surface area contributed by atoms with Gasteiger partial charge in [-0.3, -0.25) is 0 Å². The van der Waals surface area contributed by atoms with Crippen molar-refractivity contribution in [3.05, 3.63) is 22.8 Å². The number of likely N-dealkylation sites (N-methyl/N-ethyl adjacent to an activating group) is 2. The molecule has 0 aliphatic heterocycles. The zero-order valence-electron chi connectivity index (χ0n) is 13.5. The molecule has 0 radical (unpaired) electrons. The highest BCUT2D eigenvalue weighted by molar-refractivity contribution is 6.30. The van der Waals surface area contributed by atoms with E-state index in [2.05, 4.69) is 36.2 Å². The van der Waals surface area contributed by atoms with Crippen molar-refractivity contribution in [3.8, 4) is 0 Å². The molecule has 1 heterocycles. The largest absolute Gasteiger partial charge is 0.383 e. The minimum Gasteiger partial charge on any atom is -0.383 e. The molecule has 21 heavy (non-hydrogen) atoms. The molecule has 1 aromatic heterocycles. The van der Waals surface area contributed by atoms with Crippen LogP contribution in [0.3, 0.4) is 0 Å². The molecule has 0 aromatic carbocycles. The summed E-state index contributed by atoms with van der Waals surface area (Å²) in [5, 5.41) is 4.11. The van der Waals surface area contributed by atoms with Crippen molar-refractivity contribution < 1.29 is 0 Å². The summed E-state index contributed by atoms with van der Waals surface area (Å²) in [6.45, 7) is 2.34. The second kappa shape index (κ2) is 6.51. The molecule has 0 bridgehead atoms. The van der Waals surface area contributed by atoms with Gasteiger partial charge in [0, 0.05) is 17.3 Å². The lowest BCUT2D eigenvalue weighted by molar-refractivity contribution is 0.0394. The van der Waals surface area contributed by atoms with Gasteiger partial charge in [0.2, 0.25) is 0 Å². The van der Waals surface area contributed by atoms with Gasteiger partial charge in [0.05, 0.1) is 11.1 Å². The highest BCUT2D eigenvalue weighted by Crippen LogP contribution is 2.45. The van der Waals surface area contributed by atoms with Gasteiger partial charge in [0.25, 0.3) is 0 Å². The van der Waals surface area contributed by atoms with Gasteiger partial charge in [0.15, 0.2) is 0 Å². The van der Waals surface area contributed by atoms with Crippen LogP contribution < -0.4 is 11.1 Å². The first-order valence-electron chi connectivity index (χ1n) is 7.66. The first-order chi connectivity index (χ1) is 9.90. The zero-order valence-corrected chi connectivity index (χ0v) is 14.2. The quantitative estimate of drug-likeness (QED) is 0.897. The minimum absolute atomic E-state index is 0.0485. The molecule has 1 saturated carbocycles. The Morgan fingerprint density at radius 3 is 2.81 bits per heavy atom. The van der Waals surface area contributed by atoms with Crippen LogP contribution >= 0.6 is 11.6 Å². The first kappa shape index (κ1) is 16.5. The number of hydrogen-bond acceptors (Lipinski definition) is 4. The summed E-state index contributed by atoms with van der Waals surface area (Å²) in [6.07, 6.45) is 6.46. The third-order valence-electron chi connectivity index (χ3n) is 4.95. The highest BCUT2D eigenvalue weighted by atomic mass is 35.5. The van der Waals surface area contributed by atoms with E-state index in [1.165, 1.54) is 12.8 Å². The maximum absolute atomic E-state index is 6.15. The molecule has 3 unspecified atom stereocenters. The Bertz CT molecular complexity index is 491. The van der Waals surface area contributed by atoms with Crippen molar-refractivity contribution >= 4 is 17.4 Å². The minimum atomic E-state index is 0.0485. The van der Waals surface area contributed by atoms with E-state index in [1.807, 2.05) is 13.1 Å². The van der Waals surface area contributed by atoms with Crippen LogP contribution in [0, 0.1) is 5.92 Å². The number of nitrogens with two attached hydrogens (primary N) is 1. The topological polar surface area (TPSA) is 54.2 Å². The molecule has 1 aliphatic carbocycles. The third-order valence-corrected chi connectivity index (χ3v) is 5.16. The molecular formula is C16H27ClN4. The fraction of sp³-hybridized carbons (Fsp3) is 0.688. The lowest BCUT2D eigenvalue weighted by atomic mass is 9.69. The van der Waals surface area contributed by atoms with Gasteiger partial charge in [-0.15, -0.1) is 0 Å². The van der Waals surface area contributed by atoms with Crippen molar-refractivity contribution in [1.29, 1.82) is 0 Å². The van der Waals surface area contributed by atoms with E-state index in [4.69, 9.17) is 17.3 Å². The molecule has 3 atom stereocenters. The Hall–Kier alpha value is -0.840. The Kier molecular flexibility index (Phi) is 5.12. The number of rotatable bonds is 4. The van der Waals surface area contributed by atoms with Gasteiger partial charge >= 0.3 is 0 Å². The number of hydrogen-bond donors (Lipinski definition) is 2. The van der Waals surface area contributed by atoms with Crippen LogP contribution in [0.5, 0.6) is 0 Å². The number of pyridine rings is 1. The monoisotopic (exact) mass is 310 g/mol. The van der Waals surface area contributed by atoms with Crippen LogP contribution in [-0.2, 0) is 0 Å². The molecule has 3 N–H and O–H groups in total. The Balaban J connectivity index is 2.47. The van der Waals surface area contributed by atoms with Crippen LogP contribution in [0.2, 0.25) is 5.02 Å². The predicted octanol–water partition coefficient (Wildman–Crippen LogP) is 3.09. The second-order valence-corrected chi connectivity index (χ2v) is 6.99. The van der Waals surface area contributed by atoms with Crippen molar-refractivity contribution in [3.63, 3.8) is 0 Å². The standard InChI is InChI=1S/C16H27ClN4/c1-11-6-5-7-16(9-11,21(3)4)14(19-2)13-8-12(17)10-20-15(13)18/h8,10-11,14,19H,5-7,9H2,1-4H3,(H2,18,20). The molecular weight excluding hydrogens is 284 g/mol. The number of nitrogens with one attached hydrogen (secondary N) is 1. The summed E-state index contributed by atoms with van der Waals surface area (Å²) in [5.74, 6) is 1.28. The van der Waals surface area contributed by atoms with E-state index in [-0.39, 0.29) is 11.6 Å². The van der Waals surface area contributed by atoms with Gasteiger partial charge in [-0.2, -0.15) is 0 Å². The van der Waals surface area contributed by atoms with Gasteiger partial charge in [-0.05, 0) is 46.0 Å². The normalized spacial score (nSPS) is 27.8. The van der Waals surface area contributed by atoms with Crippen LogP contribution in [0.15, 0.2) is 12.3 Å². The predicted molar refractivity (Wildman–Crippen MR) is 89.5 cm³/mol. The molecule has 5 heteroatoms. The Morgan fingerprint density at radius 1 is 1.52 bits per heavy atom. The molecule has 4 nitrogen and oxygen atoms in total. The summed E-state index contributed by atoms with van der Waals surface area (Å²) >= 11 is 6.15. The molecule has 1 aromatic rings. The van der Waals surface area contributed by atoms with E-state index < -0.39 is 0 Å². The van der Waals surface area contributed by atoms with Gasteiger partial charge in [-0.1, -0.05) is 31.4 Å². The van der Waals surface area contributed by atoms with Crippen LogP contribution in [0.4, 0.5) is 5.82 Å². The molecule has 1 aliphatic rings. The fourth-order valence-electron chi connectivity index (χ4n) is 3.90. The van der Waals surface area contributed by atoms with E-state index in [0.29, 0.717) is 16.8 Å². The number of aromatic nitrogens is 1. The van der Waals surface area contributed by atoms with Gasteiger partial charge < -0.3 is 16.0 Å². The number of anilines is 1. The highest BCUT2D eigenvalue weighted by Gasteiger charge is 2.44. The zero-order chi connectivity index (χ0) is 15.6. The summed E-state index contributed by atoms with van der Waals surface area (Å²) in [7, 11) is 6.32. The van der Waals surface area contributed by atoms with Crippen molar-refractivity contribution in [1.82, 2.24) is 15.2 Å². The first-order valence-corrected chi connectivity index (χ1v) is 8.04. The average molecular weight is 311 g/mol. The molecule has 0 spiro atoms. The summed E-state index contributed by atoms with van der Waals surface area (Å²) in [4.78, 5) is 6.59. The summed E-state index contributed by atoms with van der Waals surface area (Å²) in [6, 6.07) is 2.08. The maximum Gasteiger partial charge on any atom is 0.128 e. The number of nitrogens with zero attached hydrogens (tertiary/aromatic N) is 2. The van der Waals surface area contributed by atoms with Gasteiger partial charge in [-0.25, -0.2) is 4.98 Å². The average Bonchev–Trinajstić information content (AvgIpc) is 2.43.